The lowest BCUT2D eigenvalue weighted by molar-refractivity contribution is 0.0951. The Morgan fingerprint density at radius 3 is 2.69 bits per heavy atom. The molecule has 0 fully saturated rings. The minimum Gasteiger partial charge on any atom is -0.348 e. The first-order chi connectivity index (χ1) is 14.1. The van der Waals surface area contributed by atoms with Crippen molar-refractivity contribution in [3.8, 4) is 11.3 Å². The molecule has 29 heavy (non-hydrogen) atoms. The summed E-state index contributed by atoms with van der Waals surface area (Å²) < 4.78 is 1.12. The van der Waals surface area contributed by atoms with Crippen molar-refractivity contribution in [2.75, 3.05) is 0 Å². The van der Waals surface area contributed by atoms with Gasteiger partial charge in [-0.3, -0.25) is 19.3 Å². The molecule has 4 rings (SSSR count). The molecule has 2 heterocycles. The number of H-pyrrole nitrogens is 2. The van der Waals surface area contributed by atoms with Crippen molar-refractivity contribution >= 4 is 16.8 Å². The molecule has 8 nitrogen and oxygen atoms in total. The number of amides is 1. The van der Waals surface area contributed by atoms with Crippen molar-refractivity contribution < 1.29 is 4.79 Å². The Morgan fingerprint density at radius 1 is 1.14 bits per heavy atom. The molecule has 2 aromatic heterocycles. The van der Waals surface area contributed by atoms with Crippen molar-refractivity contribution in [2.45, 2.75) is 20.0 Å². The molecule has 0 aliphatic heterocycles. The van der Waals surface area contributed by atoms with E-state index >= 15 is 0 Å². The fraction of sp³-hybridized carbons (Fsp3) is 0.143. The fourth-order valence-electron chi connectivity index (χ4n) is 3.26. The first kappa shape index (κ1) is 18.4. The van der Waals surface area contributed by atoms with Crippen LogP contribution in [0, 0.1) is 0 Å². The Bertz CT molecular complexity index is 1300. The maximum absolute atomic E-state index is 12.6. The molecule has 4 aromatic rings. The topological polar surface area (TPSA) is 113 Å². The van der Waals surface area contributed by atoms with E-state index in [1.807, 2.05) is 30.3 Å². The second-order valence-electron chi connectivity index (χ2n) is 6.56. The van der Waals surface area contributed by atoms with Gasteiger partial charge in [0.05, 0.1) is 22.8 Å². The first-order valence-corrected chi connectivity index (χ1v) is 9.21. The zero-order chi connectivity index (χ0) is 20.4. The van der Waals surface area contributed by atoms with E-state index in [0.29, 0.717) is 16.5 Å². The van der Waals surface area contributed by atoms with Crippen LogP contribution in [0.2, 0.25) is 0 Å². The molecule has 0 spiro atoms. The number of rotatable bonds is 5. The van der Waals surface area contributed by atoms with Crippen LogP contribution in [0.1, 0.15) is 22.8 Å². The Kier molecular flexibility index (Phi) is 4.82. The highest BCUT2D eigenvalue weighted by Crippen LogP contribution is 2.20. The highest BCUT2D eigenvalue weighted by atomic mass is 16.2. The first-order valence-electron chi connectivity index (χ1n) is 9.21. The fourth-order valence-corrected chi connectivity index (χ4v) is 3.26. The van der Waals surface area contributed by atoms with Crippen LogP contribution in [-0.4, -0.2) is 25.7 Å². The minimum atomic E-state index is -0.492. The summed E-state index contributed by atoms with van der Waals surface area (Å²) in [6.07, 6.45) is 1.67. The average molecular weight is 389 g/mol. The third-order valence-corrected chi connectivity index (χ3v) is 4.78. The van der Waals surface area contributed by atoms with Gasteiger partial charge in [0.1, 0.15) is 0 Å². The van der Waals surface area contributed by atoms with Gasteiger partial charge < -0.3 is 10.3 Å². The van der Waals surface area contributed by atoms with E-state index in [-0.39, 0.29) is 24.6 Å². The number of carbonyl (C=O) groups excluding carboxylic acids is 1. The normalized spacial score (nSPS) is 10.9. The van der Waals surface area contributed by atoms with Crippen LogP contribution in [0.4, 0.5) is 0 Å². The lowest BCUT2D eigenvalue weighted by atomic mass is 10.1. The van der Waals surface area contributed by atoms with Crippen LogP contribution >= 0.6 is 0 Å². The van der Waals surface area contributed by atoms with E-state index in [1.165, 1.54) is 6.07 Å². The van der Waals surface area contributed by atoms with Gasteiger partial charge >= 0.3 is 5.69 Å². The van der Waals surface area contributed by atoms with Gasteiger partial charge in [-0.05, 0) is 30.7 Å². The molecular weight excluding hydrogens is 370 g/mol. The number of aromatic nitrogens is 4. The van der Waals surface area contributed by atoms with Crippen LogP contribution in [0.15, 0.2) is 64.3 Å². The van der Waals surface area contributed by atoms with Crippen molar-refractivity contribution in [3.63, 3.8) is 0 Å². The van der Waals surface area contributed by atoms with E-state index in [0.717, 1.165) is 21.4 Å². The molecule has 0 radical (unpaired) electrons. The third kappa shape index (κ3) is 3.47. The molecule has 1 amide bonds. The van der Waals surface area contributed by atoms with Crippen LogP contribution < -0.4 is 16.6 Å². The standard InChI is InChI=1S/C21H19N5O3/c1-2-26-20(28)16-9-8-14(10-17(16)24-21(26)29)19(27)22-11-15-12-23-25-18(15)13-6-4-3-5-7-13/h3-10,12H,2,11H2,1H3,(H,22,27)(H,23,25)(H,24,29). The number of hydrogen-bond donors (Lipinski definition) is 3. The second kappa shape index (κ2) is 7.59. The van der Waals surface area contributed by atoms with Gasteiger partial charge in [0, 0.05) is 24.2 Å². The molecule has 0 unspecified atom stereocenters. The van der Waals surface area contributed by atoms with Crippen molar-refractivity contribution in [2.24, 2.45) is 0 Å². The zero-order valence-electron chi connectivity index (χ0n) is 15.7. The average Bonchev–Trinajstić information content (AvgIpc) is 3.21. The van der Waals surface area contributed by atoms with Gasteiger partial charge in [-0.15, -0.1) is 0 Å². The van der Waals surface area contributed by atoms with Gasteiger partial charge in [0.25, 0.3) is 11.5 Å². The van der Waals surface area contributed by atoms with Crippen LogP contribution in [0.3, 0.4) is 0 Å². The van der Waals surface area contributed by atoms with Crippen molar-refractivity contribution in [1.82, 2.24) is 25.1 Å². The van der Waals surface area contributed by atoms with Gasteiger partial charge in [-0.25, -0.2) is 4.79 Å². The third-order valence-electron chi connectivity index (χ3n) is 4.78. The smallest absolute Gasteiger partial charge is 0.328 e. The highest BCUT2D eigenvalue weighted by molar-refractivity contribution is 5.97. The summed E-state index contributed by atoms with van der Waals surface area (Å²) in [6, 6.07) is 14.4. The molecule has 0 saturated heterocycles. The van der Waals surface area contributed by atoms with E-state index in [2.05, 4.69) is 20.5 Å². The number of fused-ring (bicyclic) bond motifs is 1. The predicted molar refractivity (Wildman–Crippen MR) is 110 cm³/mol. The summed E-state index contributed by atoms with van der Waals surface area (Å²) in [7, 11) is 0. The molecule has 0 aliphatic rings. The summed E-state index contributed by atoms with van der Waals surface area (Å²) in [6.45, 7) is 2.29. The molecule has 0 saturated carbocycles. The summed E-state index contributed by atoms with van der Waals surface area (Å²) in [5, 5.41) is 10.2. The van der Waals surface area contributed by atoms with Crippen molar-refractivity contribution in [3.05, 3.63) is 86.7 Å². The Morgan fingerprint density at radius 2 is 1.93 bits per heavy atom. The molecule has 2 aromatic carbocycles. The largest absolute Gasteiger partial charge is 0.348 e. The molecule has 0 aliphatic carbocycles. The van der Waals surface area contributed by atoms with E-state index < -0.39 is 5.69 Å². The number of aromatic amines is 2. The van der Waals surface area contributed by atoms with E-state index in [9.17, 15) is 14.4 Å². The lowest BCUT2D eigenvalue weighted by Gasteiger charge is -2.08. The molecule has 8 heteroatoms. The monoisotopic (exact) mass is 389 g/mol. The van der Waals surface area contributed by atoms with Gasteiger partial charge in [-0.2, -0.15) is 5.10 Å². The number of nitrogens with one attached hydrogen (secondary N) is 3. The summed E-state index contributed by atoms with van der Waals surface area (Å²) in [4.78, 5) is 39.6. The minimum absolute atomic E-state index is 0.279. The molecule has 146 valence electrons. The summed E-state index contributed by atoms with van der Waals surface area (Å²) >= 11 is 0. The summed E-state index contributed by atoms with van der Waals surface area (Å²) in [5.74, 6) is -0.312. The molecule has 0 bridgehead atoms. The van der Waals surface area contributed by atoms with Crippen LogP contribution in [0.25, 0.3) is 22.2 Å². The van der Waals surface area contributed by atoms with E-state index in [4.69, 9.17) is 0 Å². The SMILES string of the molecule is CCn1c(=O)[nH]c2cc(C(=O)NCc3cn[nH]c3-c3ccccc3)ccc2c1=O. The van der Waals surface area contributed by atoms with Gasteiger partial charge in [0.15, 0.2) is 0 Å². The maximum atomic E-state index is 12.6. The lowest BCUT2D eigenvalue weighted by Crippen LogP contribution is -2.34. The Hall–Kier alpha value is -3.94. The second-order valence-corrected chi connectivity index (χ2v) is 6.56. The maximum Gasteiger partial charge on any atom is 0.328 e. The number of benzene rings is 2. The van der Waals surface area contributed by atoms with Crippen LogP contribution in [-0.2, 0) is 13.1 Å². The number of hydrogen-bond acceptors (Lipinski definition) is 4. The van der Waals surface area contributed by atoms with Gasteiger partial charge in [0.2, 0.25) is 0 Å². The molecular formula is C21H19N5O3. The van der Waals surface area contributed by atoms with Crippen molar-refractivity contribution in [1.29, 1.82) is 0 Å². The number of nitrogens with zero attached hydrogens (tertiary/aromatic N) is 2. The highest BCUT2D eigenvalue weighted by Gasteiger charge is 2.13. The number of carbonyl (C=O) groups is 1. The van der Waals surface area contributed by atoms with Crippen LogP contribution in [0.5, 0.6) is 0 Å². The Labute approximate surface area is 165 Å². The molecule has 3 N–H and O–H groups in total. The zero-order valence-corrected chi connectivity index (χ0v) is 15.7. The quantitative estimate of drug-likeness (QED) is 0.485. The summed E-state index contributed by atoms with van der Waals surface area (Å²) in [5.41, 5.74) is 2.50. The molecule has 0 atom stereocenters. The van der Waals surface area contributed by atoms with Gasteiger partial charge in [-0.1, -0.05) is 30.3 Å². The Balaban J connectivity index is 1.57. The van der Waals surface area contributed by atoms with E-state index in [1.54, 1.807) is 25.3 Å². The predicted octanol–water partition coefficient (Wildman–Crippen LogP) is 2.03.